The summed E-state index contributed by atoms with van der Waals surface area (Å²) in [5.41, 5.74) is 2.52. The lowest BCUT2D eigenvalue weighted by Gasteiger charge is -2.11. The largest absolute Gasteiger partial charge is 0.487 e. The number of hydrogen-bond donors (Lipinski definition) is 0. The molecule has 0 saturated heterocycles. The van der Waals surface area contributed by atoms with Crippen LogP contribution < -0.4 is 10.4 Å². The molecule has 3 aromatic rings. The lowest BCUT2D eigenvalue weighted by molar-refractivity contribution is -0.384. The maximum atomic E-state index is 11.8. The van der Waals surface area contributed by atoms with E-state index in [1.165, 1.54) is 24.3 Å². The van der Waals surface area contributed by atoms with Crippen LogP contribution in [0.4, 0.5) is 5.69 Å². The van der Waals surface area contributed by atoms with E-state index < -0.39 is 10.5 Å². The van der Waals surface area contributed by atoms with Crippen molar-refractivity contribution in [3.63, 3.8) is 0 Å². The molecule has 0 atom stereocenters. The number of hydrogen-bond acceptors (Lipinski definition) is 5. The quantitative estimate of drug-likeness (QED) is 0.387. The zero-order valence-electron chi connectivity index (χ0n) is 13.5. The molecule has 0 aliphatic rings. The molecule has 25 heavy (non-hydrogen) atoms. The Morgan fingerprint density at radius 3 is 2.64 bits per heavy atom. The van der Waals surface area contributed by atoms with Gasteiger partial charge in [0, 0.05) is 29.1 Å². The van der Waals surface area contributed by atoms with Crippen molar-refractivity contribution in [2.75, 3.05) is 0 Å². The molecule has 1 aromatic heterocycles. The Balaban J connectivity index is 1.95. The molecule has 0 aliphatic heterocycles. The molecule has 3 rings (SSSR count). The molecular formula is C18H14ClNO5. The smallest absolute Gasteiger partial charge is 0.336 e. The van der Waals surface area contributed by atoms with E-state index in [1.54, 1.807) is 0 Å². The Morgan fingerprint density at radius 2 is 1.96 bits per heavy atom. The van der Waals surface area contributed by atoms with Gasteiger partial charge in [0.15, 0.2) is 0 Å². The first kappa shape index (κ1) is 17.0. The van der Waals surface area contributed by atoms with E-state index in [-0.39, 0.29) is 17.3 Å². The molecule has 0 spiro atoms. The van der Waals surface area contributed by atoms with Gasteiger partial charge in [-0.05, 0) is 31.0 Å². The molecule has 0 fully saturated rings. The zero-order chi connectivity index (χ0) is 18.1. The number of rotatable bonds is 4. The summed E-state index contributed by atoms with van der Waals surface area (Å²) in [6.45, 7) is 3.91. The second-order valence-electron chi connectivity index (χ2n) is 5.64. The zero-order valence-corrected chi connectivity index (χ0v) is 14.3. The monoisotopic (exact) mass is 359 g/mol. The number of halogens is 1. The highest BCUT2D eigenvalue weighted by molar-refractivity contribution is 6.32. The third-order valence-corrected chi connectivity index (χ3v) is 4.32. The van der Waals surface area contributed by atoms with Crippen LogP contribution in [0, 0.1) is 24.0 Å². The summed E-state index contributed by atoms with van der Waals surface area (Å²) in [4.78, 5) is 22.1. The van der Waals surface area contributed by atoms with Gasteiger partial charge < -0.3 is 9.15 Å². The van der Waals surface area contributed by atoms with Gasteiger partial charge in [-0.25, -0.2) is 4.79 Å². The van der Waals surface area contributed by atoms with Crippen molar-refractivity contribution in [2.45, 2.75) is 20.5 Å². The molecule has 0 aliphatic carbocycles. The lowest BCUT2D eigenvalue weighted by atomic mass is 10.0. The Morgan fingerprint density at radius 1 is 1.20 bits per heavy atom. The third-order valence-electron chi connectivity index (χ3n) is 4.03. The van der Waals surface area contributed by atoms with Gasteiger partial charge in [-0.1, -0.05) is 23.7 Å². The molecule has 7 heteroatoms. The number of nitrogens with zero attached hydrogens (tertiary/aromatic N) is 1. The van der Waals surface area contributed by atoms with Crippen LogP contribution in [0.2, 0.25) is 5.02 Å². The number of non-ortho nitro benzene ring substituents is 1. The molecule has 2 aromatic carbocycles. The van der Waals surface area contributed by atoms with Crippen LogP contribution in [-0.4, -0.2) is 4.92 Å². The fourth-order valence-electron chi connectivity index (χ4n) is 2.52. The van der Waals surface area contributed by atoms with E-state index in [1.807, 2.05) is 26.0 Å². The topological polar surface area (TPSA) is 82.6 Å². The van der Waals surface area contributed by atoms with Crippen molar-refractivity contribution in [2.24, 2.45) is 0 Å². The van der Waals surface area contributed by atoms with E-state index in [0.29, 0.717) is 16.9 Å². The SMILES string of the molecule is Cc1ccc2c(COc3ccc([N+](=O)[O-])cc3Cl)cc(=O)oc2c1C. The molecule has 0 bridgehead atoms. The van der Waals surface area contributed by atoms with E-state index in [4.69, 9.17) is 20.8 Å². The Bertz CT molecular complexity index is 1040. The molecule has 0 amide bonds. The summed E-state index contributed by atoms with van der Waals surface area (Å²) >= 11 is 6.03. The predicted octanol–water partition coefficient (Wildman–Crippen LogP) is 4.55. The van der Waals surface area contributed by atoms with Crippen molar-refractivity contribution in [1.29, 1.82) is 0 Å². The number of ether oxygens (including phenoxy) is 1. The van der Waals surface area contributed by atoms with E-state index in [0.717, 1.165) is 16.5 Å². The van der Waals surface area contributed by atoms with Gasteiger partial charge in [-0.3, -0.25) is 10.1 Å². The van der Waals surface area contributed by atoms with Crippen LogP contribution in [0.1, 0.15) is 16.7 Å². The van der Waals surface area contributed by atoms with Gasteiger partial charge in [-0.15, -0.1) is 0 Å². The summed E-state index contributed by atoms with van der Waals surface area (Å²) in [7, 11) is 0. The number of nitro benzene ring substituents is 1. The fraction of sp³-hybridized carbons (Fsp3) is 0.167. The maximum Gasteiger partial charge on any atom is 0.336 e. The van der Waals surface area contributed by atoms with Crippen molar-refractivity contribution in [1.82, 2.24) is 0 Å². The minimum atomic E-state index is -0.531. The highest BCUT2D eigenvalue weighted by atomic mass is 35.5. The van der Waals surface area contributed by atoms with Crippen molar-refractivity contribution in [3.8, 4) is 5.75 Å². The van der Waals surface area contributed by atoms with E-state index in [2.05, 4.69) is 0 Å². The first-order valence-corrected chi connectivity index (χ1v) is 7.84. The molecule has 0 saturated carbocycles. The first-order chi connectivity index (χ1) is 11.9. The minimum Gasteiger partial charge on any atom is -0.487 e. The summed E-state index contributed by atoms with van der Waals surface area (Å²) < 4.78 is 11.0. The van der Waals surface area contributed by atoms with Gasteiger partial charge in [0.2, 0.25) is 0 Å². The van der Waals surface area contributed by atoms with Crippen LogP contribution in [0.25, 0.3) is 11.0 Å². The van der Waals surface area contributed by atoms with Gasteiger partial charge >= 0.3 is 5.63 Å². The number of aryl methyl sites for hydroxylation is 2. The molecule has 0 radical (unpaired) electrons. The second-order valence-corrected chi connectivity index (χ2v) is 6.04. The molecule has 0 unspecified atom stereocenters. The normalized spacial score (nSPS) is 10.8. The molecular weight excluding hydrogens is 346 g/mol. The minimum absolute atomic E-state index is 0.0854. The maximum absolute atomic E-state index is 11.8. The standard InChI is InChI=1S/C18H14ClNO5/c1-10-3-5-14-12(7-17(21)25-18(14)11(10)2)9-24-16-6-4-13(20(22)23)8-15(16)19/h3-8H,9H2,1-2H3. The van der Waals surface area contributed by atoms with Gasteiger partial charge in [0.25, 0.3) is 5.69 Å². The Hall–Kier alpha value is -2.86. The van der Waals surface area contributed by atoms with Crippen LogP contribution >= 0.6 is 11.6 Å². The number of fused-ring (bicyclic) bond motifs is 1. The lowest BCUT2D eigenvalue weighted by Crippen LogP contribution is -2.05. The average molecular weight is 360 g/mol. The van der Waals surface area contributed by atoms with Crippen LogP contribution in [-0.2, 0) is 6.61 Å². The van der Waals surface area contributed by atoms with Crippen LogP contribution in [0.5, 0.6) is 5.75 Å². The molecule has 0 N–H and O–H groups in total. The van der Waals surface area contributed by atoms with Gasteiger partial charge in [-0.2, -0.15) is 0 Å². The van der Waals surface area contributed by atoms with Crippen LogP contribution in [0.15, 0.2) is 45.6 Å². The molecule has 128 valence electrons. The third kappa shape index (κ3) is 3.34. The summed E-state index contributed by atoms with van der Waals surface area (Å²) in [5.74, 6) is 0.303. The predicted molar refractivity (Wildman–Crippen MR) is 94.4 cm³/mol. The van der Waals surface area contributed by atoms with Gasteiger partial charge in [0.05, 0.1) is 9.95 Å². The summed E-state index contributed by atoms with van der Waals surface area (Å²) in [6.07, 6.45) is 0. The Kier molecular flexibility index (Phi) is 4.46. The average Bonchev–Trinajstić information content (AvgIpc) is 2.57. The van der Waals surface area contributed by atoms with E-state index >= 15 is 0 Å². The Labute approximate surface area is 147 Å². The van der Waals surface area contributed by atoms with Crippen LogP contribution in [0.3, 0.4) is 0 Å². The highest BCUT2D eigenvalue weighted by Crippen LogP contribution is 2.30. The first-order valence-electron chi connectivity index (χ1n) is 7.46. The second kappa shape index (κ2) is 6.57. The van der Waals surface area contributed by atoms with Crippen molar-refractivity contribution < 1.29 is 14.1 Å². The summed E-state index contributed by atoms with van der Waals surface area (Å²) in [5, 5.41) is 11.7. The van der Waals surface area contributed by atoms with Gasteiger partial charge in [0.1, 0.15) is 17.9 Å². The van der Waals surface area contributed by atoms with Crippen molar-refractivity contribution in [3.05, 3.63) is 78.6 Å². The van der Waals surface area contributed by atoms with E-state index in [9.17, 15) is 14.9 Å². The molecule has 1 heterocycles. The fourth-order valence-corrected chi connectivity index (χ4v) is 2.75. The number of nitro groups is 1. The number of benzene rings is 2. The van der Waals surface area contributed by atoms with Crippen molar-refractivity contribution >= 4 is 28.3 Å². The highest BCUT2D eigenvalue weighted by Gasteiger charge is 2.13. The summed E-state index contributed by atoms with van der Waals surface area (Å²) in [6, 6.07) is 9.16. The molecule has 6 nitrogen and oxygen atoms in total.